The third-order valence-corrected chi connectivity index (χ3v) is 5.92. The molecule has 0 spiro atoms. The predicted molar refractivity (Wildman–Crippen MR) is 103 cm³/mol. The van der Waals surface area contributed by atoms with Crippen LogP contribution in [0.25, 0.3) is 0 Å². The number of benzene rings is 1. The first-order valence-electron chi connectivity index (χ1n) is 9.64. The minimum Gasteiger partial charge on any atom is -0.478 e. The predicted octanol–water partition coefficient (Wildman–Crippen LogP) is 3.50. The summed E-state index contributed by atoms with van der Waals surface area (Å²) in [6.07, 6.45) is 6.07. The molecule has 144 valence electrons. The SMILES string of the molecule is CCC(CC)(C(=O)N1CCC(n2cc(C(=O)O)cn2)CC1)c1ccccc1. The van der Waals surface area contributed by atoms with Gasteiger partial charge < -0.3 is 10.0 Å². The lowest BCUT2D eigenvalue weighted by atomic mass is 9.74. The highest BCUT2D eigenvalue weighted by atomic mass is 16.4. The first-order chi connectivity index (χ1) is 13.0. The fourth-order valence-corrected chi connectivity index (χ4v) is 4.13. The summed E-state index contributed by atoms with van der Waals surface area (Å²) in [4.78, 5) is 26.5. The molecule has 1 amide bonds. The van der Waals surface area contributed by atoms with Crippen molar-refractivity contribution < 1.29 is 14.7 Å². The Labute approximate surface area is 159 Å². The number of carbonyl (C=O) groups is 2. The molecule has 1 aromatic heterocycles. The van der Waals surface area contributed by atoms with Gasteiger partial charge in [0, 0.05) is 19.3 Å². The van der Waals surface area contributed by atoms with Gasteiger partial charge >= 0.3 is 5.97 Å². The molecule has 0 aliphatic carbocycles. The molecule has 6 heteroatoms. The van der Waals surface area contributed by atoms with Crippen LogP contribution in [-0.2, 0) is 10.2 Å². The van der Waals surface area contributed by atoms with Crippen molar-refractivity contribution in [3.63, 3.8) is 0 Å². The van der Waals surface area contributed by atoms with Crippen molar-refractivity contribution in [2.75, 3.05) is 13.1 Å². The molecule has 1 N–H and O–H groups in total. The summed E-state index contributed by atoms with van der Waals surface area (Å²) in [5.41, 5.74) is 0.810. The molecule has 1 aliphatic heterocycles. The van der Waals surface area contributed by atoms with E-state index in [9.17, 15) is 9.59 Å². The summed E-state index contributed by atoms with van der Waals surface area (Å²) in [6, 6.07) is 10.2. The van der Waals surface area contributed by atoms with Crippen molar-refractivity contribution >= 4 is 11.9 Å². The number of carboxylic acid groups (broad SMARTS) is 1. The molecule has 0 unspecified atom stereocenters. The van der Waals surface area contributed by atoms with E-state index in [1.165, 1.54) is 6.20 Å². The normalized spacial score (nSPS) is 15.7. The number of nitrogens with zero attached hydrogens (tertiary/aromatic N) is 3. The van der Waals surface area contributed by atoms with E-state index in [1.807, 2.05) is 23.1 Å². The molecule has 27 heavy (non-hydrogen) atoms. The van der Waals surface area contributed by atoms with E-state index in [0.717, 1.165) is 31.2 Å². The number of piperidine rings is 1. The van der Waals surface area contributed by atoms with Crippen LogP contribution in [0.3, 0.4) is 0 Å². The van der Waals surface area contributed by atoms with E-state index in [0.29, 0.717) is 13.1 Å². The van der Waals surface area contributed by atoms with Gasteiger partial charge in [0.25, 0.3) is 0 Å². The van der Waals surface area contributed by atoms with Gasteiger partial charge in [-0.2, -0.15) is 5.10 Å². The zero-order valence-electron chi connectivity index (χ0n) is 16.0. The highest BCUT2D eigenvalue weighted by Crippen LogP contribution is 2.35. The first-order valence-corrected chi connectivity index (χ1v) is 9.64. The van der Waals surface area contributed by atoms with Crippen LogP contribution in [0.1, 0.15) is 61.5 Å². The minimum absolute atomic E-state index is 0.136. The third-order valence-electron chi connectivity index (χ3n) is 5.92. The standard InChI is InChI=1S/C21H27N3O3/c1-3-21(4-2,17-8-6-5-7-9-17)20(27)23-12-10-18(11-13-23)24-15-16(14-22-24)19(25)26/h5-9,14-15,18H,3-4,10-13H2,1-2H3,(H,25,26). The Bertz CT molecular complexity index is 788. The largest absolute Gasteiger partial charge is 0.478 e. The highest BCUT2D eigenvalue weighted by Gasteiger charge is 2.40. The van der Waals surface area contributed by atoms with Gasteiger partial charge in [0.1, 0.15) is 0 Å². The maximum atomic E-state index is 13.4. The maximum Gasteiger partial charge on any atom is 0.338 e. The average molecular weight is 369 g/mol. The lowest BCUT2D eigenvalue weighted by molar-refractivity contribution is -0.139. The highest BCUT2D eigenvalue weighted by molar-refractivity contribution is 5.88. The first kappa shape index (κ1) is 19.1. The van der Waals surface area contributed by atoms with Crippen molar-refractivity contribution in [3.05, 3.63) is 53.9 Å². The van der Waals surface area contributed by atoms with Crippen LogP contribution in [0.15, 0.2) is 42.7 Å². The van der Waals surface area contributed by atoms with Crippen molar-refractivity contribution in [1.82, 2.24) is 14.7 Å². The Hall–Kier alpha value is -2.63. The average Bonchev–Trinajstić information content (AvgIpc) is 3.21. The van der Waals surface area contributed by atoms with E-state index >= 15 is 0 Å². The second kappa shape index (κ2) is 7.94. The molecule has 2 aromatic rings. The molecular weight excluding hydrogens is 342 g/mol. The van der Waals surface area contributed by atoms with Gasteiger partial charge in [-0.25, -0.2) is 4.79 Å². The van der Waals surface area contributed by atoms with Crippen LogP contribution in [0, 0.1) is 0 Å². The van der Waals surface area contributed by atoms with Crippen molar-refractivity contribution in [2.24, 2.45) is 0 Å². The van der Waals surface area contributed by atoms with Crippen molar-refractivity contribution in [3.8, 4) is 0 Å². The van der Waals surface area contributed by atoms with Crippen LogP contribution in [0.4, 0.5) is 0 Å². The van der Waals surface area contributed by atoms with E-state index in [1.54, 1.807) is 10.9 Å². The van der Waals surface area contributed by atoms with E-state index in [4.69, 9.17) is 5.11 Å². The molecule has 1 saturated heterocycles. The van der Waals surface area contributed by atoms with Gasteiger partial charge in [-0.05, 0) is 31.2 Å². The van der Waals surface area contributed by atoms with Crippen LogP contribution >= 0.6 is 0 Å². The molecule has 0 bridgehead atoms. The Morgan fingerprint density at radius 3 is 2.30 bits per heavy atom. The quantitative estimate of drug-likeness (QED) is 0.845. The maximum absolute atomic E-state index is 13.4. The minimum atomic E-state index is -0.965. The van der Waals surface area contributed by atoms with E-state index < -0.39 is 11.4 Å². The van der Waals surface area contributed by atoms with E-state index in [2.05, 4.69) is 31.1 Å². The van der Waals surface area contributed by atoms with Gasteiger partial charge in [0.05, 0.1) is 23.2 Å². The summed E-state index contributed by atoms with van der Waals surface area (Å²) >= 11 is 0. The number of carbonyl (C=O) groups excluding carboxylic acids is 1. The number of hydrogen-bond acceptors (Lipinski definition) is 3. The fraction of sp³-hybridized carbons (Fsp3) is 0.476. The summed E-state index contributed by atoms with van der Waals surface area (Å²) in [7, 11) is 0. The second-order valence-corrected chi connectivity index (χ2v) is 7.19. The molecule has 0 radical (unpaired) electrons. The summed E-state index contributed by atoms with van der Waals surface area (Å²) < 4.78 is 1.73. The van der Waals surface area contributed by atoms with Gasteiger partial charge in [0.2, 0.25) is 5.91 Å². The molecule has 6 nitrogen and oxygen atoms in total. The molecule has 1 aliphatic rings. The number of carboxylic acids is 1. The number of aromatic carboxylic acids is 1. The van der Waals surface area contributed by atoms with Gasteiger partial charge in [-0.15, -0.1) is 0 Å². The number of hydrogen-bond donors (Lipinski definition) is 1. The van der Waals surface area contributed by atoms with Crippen LogP contribution in [-0.4, -0.2) is 44.8 Å². The van der Waals surface area contributed by atoms with Gasteiger partial charge in [-0.3, -0.25) is 9.48 Å². The topological polar surface area (TPSA) is 75.4 Å². The number of aromatic nitrogens is 2. The van der Waals surface area contributed by atoms with Crippen molar-refractivity contribution in [2.45, 2.75) is 51.0 Å². The Morgan fingerprint density at radius 1 is 1.15 bits per heavy atom. The van der Waals surface area contributed by atoms with Crippen LogP contribution in [0.2, 0.25) is 0 Å². The molecule has 2 heterocycles. The lowest BCUT2D eigenvalue weighted by Crippen LogP contribution is -2.49. The van der Waals surface area contributed by atoms with E-state index in [-0.39, 0.29) is 17.5 Å². The smallest absolute Gasteiger partial charge is 0.338 e. The molecule has 1 aromatic carbocycles. The Morgan fingerprint density at radius 2 is 1.78 bits per heavy atom. The zero-order valence-corrected chi connectivity index (χ0v) is 16.0. The number of likely N-dealkylation sites (tertiary alicyclic amines) is 1. The van der Waals surface area contributed by atoms with Gasteiger partial charge in [-0.1, -0.05) is 44.2 Å². The summed E-state index contributed by atoms with van der Waals surface area (Å²) in [5.74, 6) is -0.767. The summed E-state index contributed by atoms with van der Waals surface area (Å²) in [6.45, 7) is 5.50. The van der Waals surface area contributed by atoms with Crippen LogP contribution in [0.5, 0.6) is 0 Å². The molecule has 1 fully saturated rings. The Balaban J connectivity index is 1.72. The van der Waals surface area contributed by atoms with Crippen molar-refractivity contribution in [1.29, 1.82) is 0 Å². The zero-order chi connectivity index (χ0) is 19.4. The van der Waals surface area contributed by atoms with Gasteiger partial charge in [0.15, 0.2) is 0 Å². The molecular formula is C21H27N3O3. The third kappa shape index (κ3) is 3.61. The Kier molecular flexibility index (Phi) is 5.63. The monoisotopic (exact) mass is 369 g/mol. The molecule has 0 saturated carbocycles. The molecule has 3 rings (SSSR count). The summed E-state index contributed by atoms with van der Waals surface area (Å²) in [5, 5.41) is 13.2. The number of rotatable bonds is 6. The van der Waals surface area contributed by atoms with Crippen LogP contribution < -0.4 is 0 Å². The lowest BCUT2D eigenvalue weighted by Gasteiger charge is -2.40. The second-order valence-electron chi connectivity index (χ2n) is 7.19. The fourth-order valence-electron chi connectivity index (χ4n) is 4.13. The molecule has 0 atom stereocenters. The number of amides is 1.